The summed E-state index contributed by atoms with van der Waals surface area (Å²) in [5, 5.41) is 15.8. The van der Waals surface area contributed by atoms with Gasteiger partial charge in [-0.05, 0) is 31.2 Å². The minimum absolute atomic E-state index is 0.0471. The number of hydrogen-bond acceptors (Lipinski definition) is 3. The molecular weight excluding hydrogens is 282 g/mol. The first-order chi connectivity index (χ1) is 9.38. The fraction of sp³-hybridized carbons (Fsp3) is 0.154. The predicted octanol–water partition coefficient (Wildman–Crippen LogP) is 2.33. The molecule has 2 rings (SSSR count). The Labute approximate surface area is 120 Å². The third kappa shape index (κ3) is 2.80. The first-order valence-electron chi connectivity index (χ1n) is 5.73. The molecule has 1 aromatic carbocycles. The smallest absolute Gasteiger partial charge is 0.335 e. The molecule has 1 amide bonds. The molecule has 1 heterocycles. The molecule has 0 unspecified atom stereocenters. The minimum Gasteiger partial charge on any atom is -0.478 e. The van der Waals surface area contributed by atoms with Crippen molar-refractivity contribution in [3.8, 4) is 0 Å². The second-order valence-electron chi connectivity index (χ2n) is 4.25. The molecule has 7 heteroatoms. The fourth-order valence-corrected chi connectivity index (χ4v) is 1.93. The molecule has 2 N–H and O–H groups in total. The topological polar surface area (TPSA) is 84.2 Å². The summed E-state index contributed by atoms with van der Waals surface area (Å²) in [6, 6.07) is 5.74. The molecule has 6 nitrogen and oxygen atoms in total. The Balaban J connectivity index is 2.30. The number of carboxylic acid groups (broad SMARTS) is 1. The van der Waals surface area contributed by atoms with Gasteiger partial charge in [0, 0.05) is 7.05 Å². The molecule has 0 radical (unpaired) electrons. The van der Waals surface area contributed by atoms with Gasteiger partial charge in [0.25, 0.3) is 5.91 Å². The molecule has 0 atom stereocenters. The minimum atomic E-state index is -1.09. The van der Waals surface area contributed by atoms with Gasteiger partial charge in [-0.2, -0.15) is 5.10 Å². The Morgan fingerprint density at radius 3 is 2.60 bits per heavy atom. The third-order valence-corrected chi connectivity index (χ3v) is 3.03. The molecular formula is C13H12ClN3O3. The number of nitrogens with one attached hydrogen (secondary N) is 1. The van der Waals surface area contributed by atoms with Gasteiger partial charge in [0.05, 0.1) is 22.0 Å². The van der Waals surface area contributed by atoms with Gasteiger partial charge in [-0.15, -0.1) is 0 Å². The second-order valence-corrected chi connectivity index (χ2v) is 4.66. The summed E-state index contributed by atoms with van der Waals surface area (Å²) in [6.07, 6.45) is 0. The molecule has 2 aromatic rings. The van der Waals surface area contributed by atoms with E-state index >= 15 is 0 Å². The Morgan fingerprint density at radius 2 is 2.05 bits per heavy atom. The summed E-state index contributed by atoms with van der Waals surface area (Å²) in [7, 11) is 1.65. The van der Waals surface area contributed by atoms with Crippen molar-refractivity contribution >= 4 is 29.2 Å². The van der Waals surface area contributed by atoms with Crippen LogP contribution in [0.4, 0.5) is 5.69 Å². The van der Waals surface area contributed by atoms with Gasteiger partial charge in [0.15, 0.2) is 0 Å². The van der Waals surface area contributed by atoms with Gasteiger partial charge in [0.1, 0.15) is 5.69 Å². The number of carboxylic acids is 1. The molecule has 0 spiro atoms. The van der Waals surface area contributed by atoms with Crippen LogP contribution in [0.15, 0.2) is 24.3 Å². The van der Waals surface area contributed by atoms with Gasteiger partial charge >= 0.3 is 5.97 Å². The van der Waals surface area contributed by atoms with Gasteiger partial charge in [-0.3, -0.25) is 9.48 Å². The van der Waals surface area contributed by atoms with E-state index in [0.29, 0.717) is 11.4 Å². The molecule has 0 aliphatic carbocycles. The van der Waals surface area contributed by atoms with Crippen molar-refractivity contribution < 1.29 is 14.7 Å². The largest absolute Gasteiger partial charge is 0.478 e. The van der Waals surface area contributed by atoms with E-state index in [-0.39, 0.29) is 16.3 Å². The molecule has 0 saturated heterocycles. The van der Waals surface area contributed by atoms with Crippen molar-refractivity contribution in [3.63, 3.8) is 0 Å². The van der Waals surface area contributed by atoms with Crippen molar-refractivity contribution in [1.29, 1.82) is 0 Å². The molecule has 20 heavy (non-hydrogen) atoms. The number of carbonyl (C=O) groups excluding carboxylic acids is 1. The van der Waals surface area contributed by atoms with Crippen LogP contribution >= 0.6 is 11.6 Å². The SMILES string of the molecule is Cc1cc(C(=O)Nc2cc(C(=O)O)ccc2Cl)n(C)n1. The lowest BCUT2D eigenvalue weighted by molar-refractivity contribution is 0.0696. The van der Waals surface area contributed by atoms with E-state index in [1.807, 2.05) is 0 Å². The van der Waals surface area contributed by atoms with E-state index in [0.717, 1.165) is 0 Å². The van der Waals surface area contributed by atoms with Crippen molar-refractivity contribution in [2.24, 2.45) is 7.05 Å². The quantitative estimate of drug-likeness (QED) is 0.909. The van der Waals surface area contributed by atoms with Crippen LogP contribution in [0.3, 0.4) is 0 Å². The highest BCUT2D eigenvalue weighted by molar-refractivity contribution is 6.34. The highest BCUT2D eigenvalue weighted by atomic mass is 35.5. The summed E-state index contributed by atoms with van der Waals surface area (Å²) in [4.78, 5) is 23.0. The Kier molecular flexibility index (Phi) is 3.76. The zero-order chi connectivity index (χ0) is 14.9. The average Bonchev–Trinajstić information content (AvgIpc) is 2.71. The van der Waals surface area contributed by atoms with E-state index in [1.165, 1.54) is 22.9 Å². The molecule has 1 aromatic heterocycles. The molecule has 0 aliphatic rings. The number of halogens is 1. The van der Waals surface area contributed by atoms with Crippen LogP contribution in [-0.2, 0) is 7.05 Å². The van der Waals surface area contributed by atoms with Crippen LogP contribution in [0.1, 0.15) is 26.5 Å². The molecule has 0 aliphatic heterocycles. The van der Waals surface area contributed by atoms with Gasteiger partial charge in [-0.1, -0.05) is 11.6 Å². The number of aromatic carboxylic acids is 1. The number of hydrogen-bond donors (Lipinski definition) is 2. The lowest BCUT2D eigenvalue weighted by Gasteiger charge is -2.08. The van der Waals surface area contributed by atoms with E-state index in [1.54, 1.807) is 20.0 Å². The monoisotopic (exact) mass is 293 g/mol. The van der Waals surface area contributed by atoms with Crippen LogP contribution in [0.25, 0.3) is 0 Å². The molecule has 0 fully saturated rings. The second kappa shape index (κ2) is 5.34. The number of aryl methyl sites for hydroxylation is 2. The number of anilines is 1. The fourth-order valence-electron chi connectivity index (χ4n) is 1.76. The average molecular weight is 294 g/mol. The number of aromatic nitrogens is 2. The normalized spacial score (nSPS) is 10.3. The van der Waals surface area contributed by atoms with Crippen LogP contribution < -0.4 is 5.32 Å². The van der Waals surface area contributed by atoms with Gasteiger partial charge < -0.3 is 10.4 Å². The Bertz CT molecular complexity index is 694. The van der Waals surface area contributed by atoms with Crippen LogP contribution in [-0.4, -0.2) is 26.8 Å². The van der Waals surface area contributed by atoms with Crippen LogP contribution in [0.5, 0.6) is 0 Å². The summed E-state index contributed by atoms with van der Waals surface area (Å²) in [6.45, 7) is 1.77. The van der Waals surface area contributed by atoms with Crippen molar-refractivity contribution in [2.75, 3.05) is 5.32 Å². The number of nitrogens with zero attached hydrogens (tertiary/aromatic N) is 2. The molecule has 0 saturated carbocycles. The summed E-state index contributed by atoms with van der Waals surface area (Å²) >= 11 is 5.95. The van der Waals surface area contributed by atoms with Crippen molar-refractivity contribution in [1.82, 2.24) is 9.78 Å². The first kappa shape index (κ1) is 14.1. The van der Waals surface area contributed by atoms with E-state index in [9.17, 15) is 9.59 Å². The lowest BCUT2D eigenvalue weighted by Crippen LogP contribution is -2.16. The van der Waals surface area contributed by atoms with Crippen LogP contribution in [0, 0.1) is 6.92 Å². The predicted molar refractivity (Wildman–Crippen MR) is 74.3 cm³/mol. The van der Waals surface area contributed by atoms with E-state index < -0.39 is 11.9 Å². The standard InChI is InChI=1S/C13H12ClN3O3/c1-7-5-11(17(2)16-7)12(18)15-10-6-8(13(19)20)3-4-9(10)14/h3-6H,1-2H3,(H,15,18)(H,19,20). The van der Waals surface area contributed by atoms with Gasteiger partial charge in [0.2, 0.25) is 0 Å². The molecule has 104 valence electrons. The van der Waals surface area contributed by atoms with Crippen molar-refractivity contribution in [3.05, 3.63) is 46.2 Å². The first-order valence-corrected chi connectivity index (χ1v) is 6.11. The third-order valence-electron chi connectivity index (χ3n) is 2.70. The van der Waals surface area contributed by atoms with Crippen LogP contribution in [0.2, 0.25) is 5.02 Å². The van der Waals surface area contributed by atoms with Gasteiger partial charge in [-0.25, -0.2) is 4.79 Å². The maximum Gasteiger partial charge on any atom is 0.335 e. The zero-order valence-electron chi connectivity index (χ0n) is 10.8. The summed E-state index contributed by atoms with van der Waals surface area (Å²) < 4.78 is 1.44. The van der Waals surface area contributed by atoms with Crippen molar-refractivity contribution in [2.45, 2.75) is 6.92 Å². The summed E-state index contributed by atoms with van der Waals surface area (Å²) in [5.74, 6) is -1.49. The maximum atomic E-state index is 12.1. The molecule has 0 bridgehead atoms. The number of carbonyl (C=O) groups is 2. The Morgan fingerprint density at radius 1 is 1.35 bits per heavy atom. The Hall–Kier alpha value is -2.34. The maximum absolute atomic E-state index is 12.1. The van der Waals surface area contributed by atoms with E-state index in [4.69, 9.17) is 16.7 Å². The summed E-state index contributed by atoms with van der Waals surface area (Å²) in [5.41, 5.74) is 1.36. The number of rotatable bonds is 3. The highest BCUT2D eigenvalue weighted by Crippen LogP contribution is 2.23. The zero-order valence-corrected chi connectivity index (χ0v) is 11.6. The highest BCUT2D eigenvalue weighted by Gasteiger charge is 2.14. The number of amides is 1. The number of benzene rings is 1. The van der Waals surface area contributed by atoms with E-state index in [2.05, 4.69) is 10.4 Å². The lowest BCUT2D eigenvalue weighted by atomic mass is 10.2.